The van der Waals surface area contributed by atoms with E-state index in [1.54, 1.807) is 0 Å². The van der Waals surface area contributed by atoms with E-state index in [0.717, 1.165) is 18.9 Å². The standard InChI is InChI=1S/C11H17IN4O/c1-15-4-3-8(5-15)6-16(2)10-9(12)11(17)14-7-13-10/h7-8H,3-6H2,1-2H3,(H,13,14,17). The van der Waals surface area contributed by atoms with Crippen molar-refractivity contribution < 1.29 is 0 Å². The summed E-state index contributed by atoms with van der Waals surface area (Å²) in [5.74, 6) is 1.45. The second kappa shape index (κ2) is 5.34. The third-order valence-electron chi connectivity index (χ3n) is 3.16. The van der Waals surface area contributed by atoms with Crippen molar-refractivity contribution in [1.29, 1.82) is 0 Å². The van der Waals surface area contributed by atoms with Crippen LogP contribution in [0.4, 0.5) is 5.82 Å². The number of hydrogen-bond donors (Lipinski definition) is 1. The molecule has 94 valence electrons. The molecule has 17 heavy (non-hydrogen) atoms. The summed E-state index contributed by atoms with van der Waals surface area (Å²) in [7, 11) is 4.15. The van der Waals surface area contributed by atoms with Crippen LogP contribution in [0.2, 0.25) is 0 Å². The van der Waals surface area contributed by atoms with E-state index < -0.39 is 0 Å². The zero-order chi connectivity index (χ0) is 12.4. The smallest absolute Gasteiger partial charge is 0.266 e. The van der Waals surface area contributed by atoms with Gasteiger partial charge in [0.2, 0.25) is 0 Å². The van der Waals surface area contributed by atoms with Crippen LogP contribution < -0.4 is 10.5 Å². The van der Waals surface area contributed by atoms with Gasteiger partial charge < -0.3 is 14.8 Å². The van der Waals surface area contributed by atoms with Crippen molar-refractivity contribution in [2.45, 2.75) is 6.42 Å². The van der Waals surface area contributed by atoms with Crippen molar-refractivity contribution in [2.75, 3.05) is 38.6 Å². The molecule has 5 nitrogen and oxygen atoms in total. The number of nitrogens with one attached hydrogen (secondary N) is 1. The molecule has 0 spiro atoms. The largest absolute Gasteiger partial charge is 0.358 e. The summed E-state index contributed by atoms with van der Waals surface area (Å²) >= 11 is 2.05. The molecular formula is C11H17IN4O. The maximum absolute atomic E-state index is 11.5. The van der Waals surface area contributed by atoms with Crippen molar-refractivity contribution >= 4 is 28.4 Å². The van der Waals surface area contributed by atoms with Crippen LogP contribution >= 0.6 is 22.6 Å². The maximum atomic E-state index is 11.5. The number of halogens is 1. The molecule has 2 rings (SSSR count). The second-order valence-electron chi connectivity index (χ2n) is 4.67. The Hall–Kier alpha value is -0.630. The summed E-state index contributed by atoms with van der Waals surface area (Å²) in [4.78, 5) is 22.8. The first-order valence-electron chi connectivity index (χ1n) is 5.71. The zero-order valence-corrected chi connectivity index (χ0v) is 12.3. The Balaban J connectivity index is 2.07. The van der Waals surface area contributed by atoms with Crippen molar-refractivity contribution in [3.63, 3.8) is 0 Å². The van der Waals surface area contributed by atoms with E-state index in [0.29, 0.717) is 9.49 Å². The molecule has 6 heteroatoms. The fourth-order valence-corrected chi connectivity index (χ4v) is 3.00. The Bertz CT molecular complexity index is 447. The summed E-state index contributed by atoms with van der Waals surface area (Å²) in [5.41, 5.74) is -0.0639. The number of H-pyrrole nitrogens is 1. The molecule has 0 saturated carbocycles. The molecule has 0 radical (unpaired) electrons. The van der Waals surface area contributed by atoms with Gasteiger partial charge in [0.25, 0.3) is 5.56 Å². The van der Waals surface area contributed by atoms with Crippen LogP contribution in [0.1, 0.15) is 6.42 Å². The van der Waals surface area contributed by atoms with Crippen molar-refractivity contribution in [3.8, 4) is 0 Å². The SMILES string of the molecule is CN1CCC(CN(C)c2nc[nH]c(=O)c2I)C1. The molecule has 1 saturated heterocycles. The number of nitrogens with zero attached hydrogens (tertiary/aromatic N) is 3. The predicted octanol–water partition coefficient (Wildman–Crippen LogP) is 0.762. The molecule has 1 aliphatic heterocycles. The van der Waals surface area contributed by atoms with Crippen LogP contribution in [-0.4, -0.2) is 48.6 Å². The van der Waals surface area contributed by atoms with Crippen LogP contribution in [-0.2, 0) is 0 Å². The number of aromatic nitrogens is 2. The molecule has 1 N–H and O–H groups in total. The van der Waals surface area contributed by atoms with Gasteiger partial charge in [-0.3, -0.25) is 4.79 Å². The summed E-state index contributed by atoms with van der Waals surface area (Å²) in [6.07, 6.45) is 2.69. The maximum Gasteiger partial charge on any atom is 0.266 e. The van der Waals surface area contributed by atoms with Gasteiger partial charge in [0.1, 0.15) is 9.39 Å². The number of rotatable bonds is 3. The first-order valence-corrected chi connectivity index (χ1v) is 6.78. The van der Waals surface area contributed by atoms with E-state index >= 15 is 0 Å². The highest BCUT2D eigenvalue weighted by Crippen LogP contribution is 2.19. The molecule has 0 amide bonds. The Morgan fingerprint density at radius 3 is 3.12 bits per heavy atom. The fourth-order valence-electron chi connectivity index (χ4n) is 2.29. The molecule has 1 aromatic heterocycles. The van der Waals surface area contributed by atoms with Gasteiger partial charge in [0.15, 0.2) is 0 Å². The molecule has 1 atom stereocenters. The zero-order valence-electron chi connectivity index (χ0n) is 10.1. The van der Waals surface area contributed by atoms with E-state index in [1.165, 1.54) is 19.3 Å². The fraction of sp³-hybridized carbons (Fsp3) is 0.636. The minimum Gasteiger partial charge on any atom is -0.358 e. The molecule has 1 aromatic rings. The Labute approximate surface area is 114 Å². The van der Waals surface area contributed by atoms with Crippen LogP contribution in [0.5, 0.6) is 0 Å². The summed E-state index contributed by atoms with van der Waals surface area (Å²) < 4.78 is 0.666. The van der Waals surface area contributed by atoms with E-state index in [1.807, 2.05) is 7.05 Å². The first-order chi connectivity index (χ1) is 8.08. The lowest BCUT2D eigenvalue weighted by Crippen LogP contribution is -2.30. The van der Waals surface area contributed by atoms with Crippen LogP contribution in [0.25, 0.3) is 0 Å². The topological polar surface area (TPSA) is 52.2 Å². The van der Waals surface area contributed by atoms with Gasteiger partial charge in [-0.1, -0.05) is 0 Å². The molecule has 0 aromatic carbocycles. The molecular weight excluding hydrogens is 331 g/mol. The van der Waals surface area contributed by atoms with E-state index in [9.17, 15) is 4.79 Å². The van der Waals surface area contributed by atoms with E-state index in [2.05, 4.69) is 49.4 Å². The number of aromatic amines is 1. The van der Waals surface area contributed by atoms with Crippen LogP contribution in [0, 0.1) is 9.49 Å². The highest BCUT2D eigenvalue weighted by Gasteiger charge is 2.22. The van der Waals surface area contributed by atoms with E-state index in [-0.39, 0.29) is 5.56 Å². The first kappa shape index (κ1) is 12.8. The highest BCUT2D eigenvalue weighted by atomic mass is 127. The van der Waals surface area contributed by atoms with Crippen molar-refractivity contribution in [2.24, 2.45) is 5.92 Å². The molecule has 0 aliphatic carbocycles. The van der Waals surface area contributed by atoms with Crippen LogP contribution in [0.15, 0.2) is 11.1 Å². The molecule has 1 unspecified atom stereocenters. The lowest BCUT2D eigenvalue weighted by atomic mass is 10.1. The normalized spacial score (nSPS) is 20.8. The van der Waals surface area contributed by atoms with Gasteiger partial charge in [-0.15, -0.1) is 0 Å². The van der Waals surface area contributed by atoms with Gasteiger partial charge in [-0.2, -0.15) is 0 Å². The van der Waals surface area contributed by atoms with Gasteiger partial charge in [0, 0.05) is 20.1 Å². The monoisotopic (exact) mass is 348 g/mol. The third-order valence-corrected chi connectivity index (χ3v) is 4.13. The second-order valence-corrected chi connectivity index (χ2v) is 5.75. The van der Waals surface area contributed by atoms with E-state index in [4.69, 9.17) is 0 Å². The van der Waals surface area contributed by atoms with Crippen molar-refractivity contribution in [3.05, 3.63) is 20.3 Å². The summed E-state index contributed by atoms with van der Waals surface area (Å²) in [5, 5.41) is 0. The number of anilines is 1. The predicted molar refractivity (Wildman–Crippen MR) is 76.4 cm³/mol. The Kier molecular flexibility index (Phi) is 4.03. The van der Waals surface area contributed by atoms with Gasteiger partial charge in [-0.05, 0) is 48.5 Å². The Morgan fingerprint density at radius 2 is 2.47 bits per heavy atom. The van der Waals surface area contributed by atoms with Gasteiger partial charge in [0.05, 0.1) is 6.33 Å². The number of likely N-dealkylation sites (tertiary alicyclic amines) is 1. The molecule has 1 fully saturated rings. The van der Waals surface area contributed by atoms with Gasteiger partial charge >= 0.3 is 0 Å². The average Bonchev–Trinajstić information content (AvgIpc) is 2.68. The quantitative estimate of drug-likeness (QED) is 0.820. The Morgan fingerprint density at radius 1 is 1.71 bits per heavy atom. The third kappa shape index (κ3) is 2.98. The lowest BCUT2D eigenvalue weighted by Gasteiger charge is -2.22. The minimum atomic E-state index is -0.0639. The van der Waals surface area contributed by atoms with Crippen molar-refractivity contribution in [1.82, 2.24) is 14.9 Å². The summed E-state index contributed by atoms with van der Waals surface area (Å²) in [6, 6.07) is 0. The average molecular weight is 348 g/mol. The molecule has 2 heterocycles. The number of hydrogen-bond acceptors (Lipinski definition) is 4. The van der Waals surface area contributed by atoms with Gasteiger partial charge in [-0.25, -0.2) is 4.98 Å². The summed E-state index contributed by atoms with van der Waals surface area (Å²) in [6.45, 7) is 3.25. The molecule has 1 aliphatic rings. The van der Waals surface area contributed by atoms with Crippen LogP contribution in [0.3, 0.4) is 0 Å². The lowest BCUT2D eigenvalue weighted by molar-refractivity contribution is 0.395. The molecule has 0 bridgehead atoms. The highest BCUT2D eigenvalue weighted by molar-refractivity contribution is 14.1. The minimum absolute atomic E-state index is 0.0639.